The van der Waals surface area contributed by atoms with Crippen molar-refractivity contribution in [2.45, 2.75) is 38.4 Å². The smallest absolute Gasteiger partial charge is 0.0346 e. The third-order valence-corrected chi connectivity index (χ3v) is 5.36. The lowest BCUT2D eigenvalue weighted by molar-refractivity contribution is 0.168. The monoisotopic (exact) mass is 274 g/mol. The van der Waals surface area contributed by atoms with Crippen molar-refractivity contribution < 1.29 is 0 Å². The van der Waals surface area contributed by atoms with Gasteiger partial charge in [0.25, 0.3) is 0 Å². The van der Waals surface area contributed by atoms with E-state index >= 15 is 0 Å². The fourth-order valence-electron chi connectivity index (χ4n) is 2.90. The summed E-state index contributed by atoms with van der Waals surface area (Å²) in [6.45, 7) is 4.54. The van der Waals surface area contributed by atoms with Crippen molar-refractivity contribution >= 4 is 21.4 Å². The average molecular weight is 274 g/mol. The largest absolute Gasteiger partial charge is 0.310 e. The lowest BCUT2D eigenvalue weighted by Gasteiger charge is -2.35. The molecule has 1 aromatic carbocycles. The summed E-state index contributed by atoms with van der Waals surface area (Å²) < 4.78 is 1.40. The van der Waals surface area contributed by atoms with Crippen LogP contribution < -0.4 is 5.32 Å². The van der Waals surface area contributed by atoms with Crippen molar-refractivity contribution in [1.82, 2.24) is 10.2 Å². The lowest BCUT2D eigenvalue weighted by atomic mass is 9.98. The fraction of sp³-hybridized carbons (Fsp3) is 0.500. The Morgan fingerprint density at radius 2 is 2.21 bits per heavy atom. The van der Waals surface area contributed by atoms with E-state index in [1.807, 2.05) is 11.3 Å². The van der Waals surface area contributed by atoms with Gasteiger partial charge in [-0.1, -0.05) is 18.2 Å². The number of nitrogens with one attached hydrogen (secondary N) is 1. The second-order valence-electron chi connectivity index (χ2n) is 5.69. The molecule has 1 saturated heterocycles. The summed E-state index contributed by atoms with van der Waals surface area (Å²) in [5.74, 6) is 0. The van der Waals surface area contributed by atoms with Gasteiger partial charge >= 0.3 is 0 Å². The highest BCUT2D eigenvalue weighted by molar-refractivity contribution is 7.17. The Kier molecular flexibility index (Phi) is 3.87. The van der Waals surface area contributed by atoms with Crippen LogP contribution >= 0.6 is 11.3 Å². The normalized spacial score (nSPS) is 24.9. The van der Waals surface area contributed by atoms with Gasteiger partial charge in [0.2, 0.25) is 0 Å². The molecule has 2 heterocycles. The van der Waals surface area contributed by atoms with E-state index in [1.54, 1.807) is 0 Å². The number of hydrogen-bond donors (Lipinski definition) is 1. The molecule has 1 fully saturated rings. The second kappa shape index (κ2) is 5.61. The van der Waals surface area contributed by atoms with Crippen LogP contribution in [0.5, 0.6) is 0 Å². The molecule has 1 aliphatic heterocycles. The van der Waals surface area contributed by atoms with Gasteiger partial charge in [-0.2, -0.15) is 0 Å². The predicted molar refractivity (Wildman–Crippen MR) is 83.8 cm³/mol. The maximum absolute atomic E-state index is 3.75. The molecule has 2 aromatic rings. The molecule has 3 rings (SSSR count). The SMILES string of the molecule is CC1CC(NCc2csc3ccccc23)CCN1C. The molecule has 1 aliphatic rings. The first kappa shape index (κ1) is 13.1. The average Bonchev–Trinajstić information content (AvgIpc) is 2.83. The summed E-state index contributed by atoms with van der Waals surface area (Å²) >= 11 is 1.85. The maximum Gasteiger partial charge on any atom is 0.0346 e. The molecule has 2 atom stereocenters. The minimum Gasteiger partial charge on any atom is -0.310 e. The van der Waals surface area contributed by atoms with Crippen molar-refractivity contribution in [2.75, 3.05) is 13.6 Å². The number of benzene rings is 1. The maximum atomic E-state index is 3.75. The van der Waals surface area contributed by atoms with Crippen LogP contribution in [0.2, 0.25) is 0 Å². The first-order valence-electron chi connectivity index (χ1n) is 7.13. The summed E-state index contributed by atoms with van der Waals surface area (Å²) in [6.07, 6.45) is 2.53. The zero-order chi connectivity index (χ0) is 13.2. The van der Waals surface area contributed by atoms with Crippen LogP contribution in [0.1, 0.15) is 25.3 Å². The van der Waals surface area contributed by atoms with Gasteiger partial charge < -0.3 is 10.2 Å². The van der Waals surface area contributed by atoms with Gasteiger partial charge in [-0.15, -0.1) is 11.3 Å². The number of fused-ring (bicyclic) bond motifs is 1. The first-order valence-corrected chi connectivity index (χ1v) is 8.01. The van der Waals surface area contributed by atoms with Gasteiger partial charge in [0, 0.05) is 23.3 Å². The fourth-order valence-corrected chi connectivity index (χ4v) is 3.86. The van der Waals surface area contributed by atoms with Crippen LogP contribution in [-0.4, -0.2) is 30.6 Å². The molecule has 0 bridgehead atoms. The topological polar surface area (TPSA) is 15.3 Å². The molecule has 102 valence electrons. The number of rotatable bonds is 3. The molecule has 3 heteroatoms. The van der Waals surface area contributed by atoms with Gasteiger partial charge in [-0.05, 0) is 55.8 Å². The van der Waals surface area contributed by atoms with E-state index < -0.39 is 0 Å². The van der Waals surface area contributed by atoms with Crippen molar-refractivity contribution in [2.24, 2.45) is 0 Å². The summed E-state index contributed by atoms with van der Waals surface area (Å²) in [6, 6.07) is 10.1. The zero-order valence-electron chi connectivity index (χ0n) is 11.7. The summed E-state index contributed by atoms with van der Waals surface area (Å²) in [5.41, 5.74) is 1.45. The molecule has 2 nitrogen and oxygen atoms in total. The summed E-state index contributed by atoms with van der Waals surface area (Å²) in [4.78, 5) is 2.46. The van der Waals surface area contributed by atoms with Crippen LogP contribution in [0.4, 0.5) is 0 Å². The summed E-state index contributed by atoms with van der Waals surface area (Å²) in [5, 5.41) is 7.47. The Balaban J connectivity index is 1.63. The van der Waals surface area contributed by atoms with Crippen molar-refractivity contribution in [3.63, 3.8) is 0 Å². The van der Waals surface area contributed by atoms with Crippen molar-refractivity contribution in [3.8, 4) is 0 Å². The number of hydrogen-bond acceptors (Lipinski definition) is 3. The Morgan fingerprint density at radius 3 is 3.05 bits per heavy atom. The standard InChI is InChI=1S/C16H22N2S/c1-12-9-14(7-8-18(12)2)17-10-13-11-19-16-6-4-3-5-15(13)16/h3-6,11-12,14,17H,7-10H2,1-2H3. The van der Waals surface area contributed by atoms with E-state index in [0.717, 1.165) is 6.54 Å². The van der Waals surface area contributed by atoms with Crippen LogP contribution in [0.15, 0.2) is 29.6 Å². The molecular weight excluding hydrogens is 252 g/mol. The molecule has 2 unspecified atom stereocenters. The first-order chi connectivity index (χ1) is 9.24. The Hall–Kier alpha value is -0.900. The van der Waals surface area contributed by atoms with Crippen molar-refractivity contribution in [3.05, 3.63) is 35.2 Å². The van der Waals surface area contributed by atoms with E-state index in [2.05, 4.69) is 53.8 Å². The van der Waals surface area contributed by atoms with Crippen LogP contribution in [0.3, 0.4) is 0 Å². The second-order valence-corrected chi connectivity index (χ2v) is 6.60. The number of likely N-dealkylation sites (tertiary alicyclic amines) is 1. The molecule has 19 heavy (non-hydrogen) atoms. The van der Waals surface area contributed by atoms with E-state index in [-0.39, 0.29) is 0 Å². The van der Waals surface area contributed by atoms with E-state index in [0.29, 0.717) is 12.1 Å². The highest BCUT2D eigenvalue weighted by atomic mass is 32.1. The van der Waals surface area contributed by atoms with E-state index in [4.69, 9.17) is 0 Å². The van der Waals surface area contributed by atoms with E-state index in [9.17, 15) is 0 Å². The van der Waals surface area contributed by atoms with Gasteiger partial charge in [0.15, 0.2) is 0 Å². The molecule has 1 N–H and O–H groups in total. The van der Waals surface area contributed by atoms with Crippen molar-refractivity contribution in [1.29, 1.82) is 0 Å². The molecule has 0 amide bonds. The quantitative estimate of drug-likeness (QED) is 0.922. The van der Waals surface area contributed by atoms with Gasteiger partial charge in [0.1, 0.15) is 0 Å². The molecule has 0 radical (unpaired) electrons. The third kappa shape index (κ3) is 2.83. The van der Waals surface area contributed by atoms with Gasteiger partial charge in [-0.25, -0.2) is 0 Å². The molecular formula is C16H22N2S. The van der Waals surface area contributed by atoms with Crippen LogP contribution in [-0.2, 0) is 6.54 Å². The number of piperidine rings is 1. The molecule has 0 saturated carbocycles. The van der Waals surface area contributed by atoms with E-state index in [1.165, 1.54) is 35.0 Å². The summed E-state index contributed by atoms with van der Waals surface area (Å²) in [7, 11) is 2.23. The number of thiophene rings is 1. The highest BCUT2D eigenvalue weighted by Crippen LogP contribution is 2.26. The predicted octanol–water partition coefficient (Wildman–Crippen LogP) is 3.47. The Bertz CT molecular complexity index is 548. The van der Waals surface area contributed by atoms with Crippen LogP contribution in [0, 0.1) is 0 Å². The molecule has 1 aromatic heterocycles. The lowest BCUT2D eigenvalue weighted by Crippen LogP contribution is -2.45. The highest BCUT2D eigenvalue weighted by Gasteiger charge is 2.22. The molecule has 0 spiro atoms. The minimum atomic E-state index is 0.671. The molecule has 0 aliphatic carbocycles. The zero-order valence-corrected chi connectivity index (χ0v) is 12.5. The third-order valence-electron chi connectivity index (χ3n) is 4.35. The Morgan fingerprint density at radius 1 is 1.37 bits per heavy atom. The van der Waals surface area contributed by atoms with Crippen LogP contribution in [0.25, 0.3) is 10.1 Å². The van der Waals surface area contributed by atoms with Gasteiger partial charge in [0.05, 0.1) is 0 Å². The number of nitrogens with zero attached hydrogens (tertiary/aromatic N) is 1. The minimum absolute atomic E-state index is 0.671. The Labute approximate surface area is 119 Å². The van der Waals surface area contributed by atoms with Gasteiger partial charge in [-0.3, -0.25) is 0 Å².